The molecule has 0 radical (unpaired) electrons. The Hall–Kier alpha value is -0.775. The van der Waals surface area contributed by atoms with Crippen LogP contribution in [-0.4, -0.2) is 16.2 Å². The molecule has 0 saturated heterocycles. The molecule has 13 heavy (non-hydrogen) atoms. The Kier molecular flexibility index (Phi) is 3.53. The Morgan fingerprint density at radius 1 is 1.38 bits per heavy atom. The number of aromatic hydroxyl groups is 2. The van der Waals surface area contributed by atoms with Gasteiger partial charge in [0.05, 0.1) is 0 Å². The summed E-state index contributed by atoms with van der Waals surface area (Å²) in [5.41, 5.74) is 0.220. The summed E-state index contributed by atoms with van der Waals surface area (Å²) in [4.78, 5) is 10.9. The van der Waals surface area contributed by atoms with Crippen molar-refractivity contribution in [2.75, 3.05) is 0 Å². The third-order valence-electron chi connectivity index (χ3n) is 1.61. The van der Waals surface area contributed by atoms with Gasteiger partial charge in [0.15, 0.2) is 0 Å². The molecule has 1 aromatic rings. The molecule has 0 unspecified atom stereocenters. The maximum atomic E-state index is 10.9. The number of carbonyl (C=O) groups is 1. The van der Waals surface area contributed by atoms with Crippen molar-refractivity contribution >= 4 is 5.97 Å². The summed E-state index contributed by atoms with van der Waals surface area (Å²) < 4.78 is 4.60. The Morgan fingerprint density at radius 3 is 2.38 bits per heavy atom. The number of phenolic OH excluding ortho intramolecular Hbond substituents is 2. The van der Waals surface area contributed by atoms with Crippen molar-refractivity contribution in [3.63, 3.8) is 0 Å². The van der Waals surface area contributed by atoms with Crippen molar-refractivity contribution in [3.8, 4) is 11.5 Å². The van der Waals surface area contributed by atoms with Gasteiger partial charge in [-0.2, -0.15) is 0 Å². The van der Waals surface area contributed by atoms with Gasteiger partial charge in [-0.25, -0.2) is 0 Å². The summed E-state index contributed by atoms with van der Waals surface area (Å²) in [5, 5.41) is 18.6. The first-order chi connectivity index (χ1) is 6.15. The van der Waals surface area contributed by atoms with Gasteiger partial charge in [-0.15, -0.1) is 0 Å². The third-order valence-corrected chi connectivity index (χ3v) is 2.86. The van der Waals surface area contributed by atoms with Crippen LogP contribution in [0.1, 0.15) is 5.56 Å². The predicted molar refractivity (Wildman–Crippen MR) is 39.6 cm³/mol. The van der Waals surface area contributed by atoms with Crippen LogP contribution in [-0.2, 0) is 40.4 Å². The first-order valence-electron chi connectivity index (χ1n) is 3.60. The summed E-state index contributed by atoms with van der Waals surface area (Å²) in [7, 11) is 0. The topological polar surface area (TPSA) is 66.8 Å². The summed E-state index contributed by atoms with van der Waals surface area (Å²) in [5.74, 6) is -0.586. The molecule has 0 heterocycles. The number of hydrogen-bond acceptors (Lipinski definition) is 4. The van der Waals surface area contributed by atoms with Gasteiger partial charge in [-0.3, -0.25) is 0 Å². The van der Waals surface area contributed by atoms with Crippen molar-refractivity contribution in [2.24, 2.45) is 0 Å². The van der Waals surface area contributed by atoms with Crippen LogP contribution in [0.25, 0.3) is 0 Å². The van der Waals surface area contributed by atoms with Gasteiger partial charge in [0, 0.05) is 0 Å². The summed E-state index contributed by atoms with van der Waals surface area (Å²) in [6.45, 7) is 0. The van der Waals surface area contributed by atoms with Gasteiger partial charge in [0.25, 0.3) is 0 Å². The quantitative estimate of drug-likeness (QED) is 0.753. The molecule has 0 amide bonds. The van der Waals surface area contributed by atoms with Crippen LogP contribution in [0.2, 0.25) is 0 Å². The van der Waals surface area contributed by atoms with Crippen LogP contribution in [0.15, 0.2) is 18.2 Å². The summed E-state index contributed by atoms with van der Waals surface area (Å²) in [6.07, 6.45) is -0.0813. The number of phenols is 2. The zero-order chi connectivity index (χ0) is 9.84. The number of hydrogen-bond donors (Lipinski definition) is 2. The molecule has 0 aromatic heterocycles. The Labute approximate surface area is 91.8 Å². The number of carbonyl (C=O) groups excluding carboxylic acids is 1. The van der Waals surface area contributed by atoms with Gasteiger partial charge in [-0.05, 0) is 0 Å². The van der Waals surface area contributed by atoms with Crippen molar-refractivity contribution in [3.05, 3.63) is 23.8 Å². The molecule has 4 nitrogen and oxygen atoms in total. The average molecular weight is 368 g/mol. The van der Waals surface area contributed by atoms with Crippen molar-refractivity contribution in [1.29, 1.82) is 0 Å². The van der Waals surface area contributed by atoms with Crippen LogP contribution in [0.3, 0.4) is 0 Å². The molecular formula is C8H7HgO4. The molecule has 0 aliphatic carbocycles. The monoisotopic (exact) mass is 369 g/mol. The third kappa shape index (κ3) is 2.58. The summed E-state index contributed by atoms with van der Waals surface area (Å²) in [6, 6.07) is 4.34. The first kappa shape index (κ1) is 10.3. The zero-order valence-corrected chi connectivity index (χ0v) is 12.4. The van der Waals surface area contributed by atoms with Gasteiger partial charge >= 0.3 is 91.9 Å². The fourth-order valence-electron chi connectivity index (χ4n) is 0.939. The van der Waals surface area contributed by atoms with Crippen molar-refractivity contribution in [2.45, 2.75) is 6.42 Å². The number of rotatable bonds is 2. The second-order valence-electron chi connectivity index (χ2n) is 2.47. The van der Waals surface area contributed by atoms with E-state index < -0.39 is 5.97 Å². The standard InChI is InChI=1S/C8H8O4.Hg/c9-6-2-1-3-7(10)5(6)4-8(11)12;/h1-3,9-10H,4H2,(H,11,12);/q;+1/p-1. The molecule has 0 atom stereocenters. The average Bonchev–Trinajstić information content (AvgIpc) is 2.11. The Morgan fingerprint density at radius 2 is 1.92 bits per heavy atom. The van der Waals surface area contributed by atoms with Gasteiger partial charge in [-0.1, -0.05) is 0 Å². The Balaban J connectivity index is 2.93. The van der Waals surface area contributed by atoms with Crippen LogP contribution in [0.4, 0.5) is 0 Å². The van der Waals surface area contributed by atoms with E-state index in [1.165, 1.54) is 18.2 Å². The molecule has 1 rings (SSSR count). The van der Waals surface area contributed by atoms with Crippen molar-refractivity contribution in [1.82, 2.24) is 0 Å². The first-order valence-corrected chi connectivity index (χ1v) is 5.84. The van der Waals surface area contributed by atoms with E-state index in [-0.39, 0.29) is 50.1 Å². The predicted octanol–water partition coefficient (Wildman–Crippen LogP) is 0.645. The summed E-state index contributed by atoms with van der Waals surface area (Å²) >= 11 is -0.0565. The van der Waals surface area contributed by atoms with Gasteiger partial charge in [0.2, 0.25) is 0 Å². The zero-order valence-electron chi connectivity index (χ0n) is 6.86. The molecule has 0 spiro atoms. The van der Waals surface area contributed by atoms with E-state index >= 15 is 0 Å². The molecule has 2 N–H and O–H groups in total. The second kappa shape index (κ2) is 4.46. The Bertz CT molecular complexity index is 304. The minimum absolute atomic E-state index is 0.0565. The van der Waals surface area contributed by atoms with Crippen LogP contribution in [0, 0.1) is 0 Å². The molecule has 0 fully saturated rings. The normalized spacial score (nSPS) is 9.69. The molecule has 0 aliphatic heterocycles. The van der Waals surface area contributed by atoms with Gasteiger partial charge < -0.3 is 0 Å². The minimum atomic E-state index is -0.417. The van der Waals surface area contributed by atoms with E-state index in [0.717, 1.165) is 0 Å². The number of benzene rings is 1. The fraction of sp³-hybridized carbons (Fsp3) is 0.125. The van der Waals surface area contributed by atoms with E-state index in [1.54, 1.807) is 0 Å². The molecule has 0 saturated carbocycles. The SMILES string of the molecule is O=C(Cc1c(O)cccc1O)[O][Hg]. The molecule has 0 aliphatic rings. The van der Waals surface area contributed by atoms with E-state index in [2.05, 4.69) is 2.64 Å². The second-order valence-corrected chi connectivity index (χ2v) is 3.59. The van der Waals surface area contributed by atoms with E-state index in [9.17, 15) is 15.0 Å². The molecule has 0 bridgehead atoms. The van der Waals surface area contributed by atoms with Crippen LogP contribution in [0.5, 0.6) is 11.5 Å². The van der Waals surface area contributed by atoms with Crippen LogP contribution >= 0.6 is 0 Å². The fourth-order valence-corrected chi connectivity index (χ4v) is 1.34. The van der Waals surface area contributed by atoms with E-state index in [4.69, 9.17) is 0 Å². The molecule has 1 aromatic carbocycles. The van der Waals surface area contributed by atoms with E-state index in [0.29, 0.717) is 0 Å². The molecule has 5 heteroatoms. The van der Waals surface area contributed by atoms with E-state index in [1.807, 2.05) is 0 Å². The van der Waals surface area contributed by atoms with Crippen molar-refractivity contribution < 1.29 is 44.2 Å². The van der Waals surface area contributed by atoms with Gasteiger partial charge in [0.1, 0.15) is 0 Å². The maximum absolute atomic E-state index is 10.9. The van der Waals surface area contributed by atoms with Crippen LogP contribution < -0.4 is 0 Å². The molecule has 65 valence electrons. The molecular weight excluding hydrogens is 361 g/mol.